The Morgan fingerprint density at radius 3 is 2.79 bits per heavy atom. The zero-order valence-electron chi connectivity index (χ0n) is 11.1. The van der Waals surface area contributed by atoms with Gasteiger partial charge in [0.1, 0.15) is 0 Å². The molecule has 0 aliphatic rings. The second kappa shape index (κ2) is 5.89. The highest BCUT2D eigenvalue weighted by molar-refractivity contribution is 6.03. The number of aromatic carboxylic acids is 1. The third-order valence-corrected chi connectivity index (χ3v) is 3.35. The third-order valence-electron chi connectivity index (χ3n) is 3.35. The number of aryl methyl sites for hydroxylation is 1. The summed E-state index contributed by atoms with van der Waals surface area (Å²) >= 11 is 0. The van der Waals surface area contributed by atoms with E-state index in [0.29, 0.717) is 12.1 Å². The van der Waals surface area contributed by atoms with Gasteiger partial charge in [0, 0.05) is 18.1 Å². The molecule has 2 aromatic rings. The van der Waals surface area contributed by atoms with Crippen molar-refractivity contribution < 1.29 is 15.0 Å². The Bertz CT molecular complexity index is 586. The van der Waals surface area contributed by atoms with Gasteiger partial charge in [0.05, 0.1) is 17.7 Å². The lowest BCUT2D eigenvalue weighted by Gasteiger charge is -2.05. The van der Waals surface area contributed by atoms with E-state index in [1.807, 2.05) is 16.8 Å². The van der Waals surface area contributed by atoms with Crippen LogP contribution in [0.1, 0.15) is 35.7 Å². The van der Waals surface area contributed by atoms with Gasteiger partial charge in [0.2, 0.25) is 0 Å². The van der Waals surface area contributed by atoms with Crippen LogP contribution in [0.25, 0.3) is 10.9 Å². The summed E-state index contributed by atoms with van der Waals surface area (Å²) in [6, 6.07) is 5.35. The second-order valence-corrected chi connectivity index (χ2v) is 4.68. The highest BCUT2D eigenvalue weighted by Gasteiger charge is 2.15. The fourth-order valence-corrected chi connectivity index (χ4v) is 2.46. The van der Waals surface area contributed by atoms with Crippen LogP contribution in [0.2, 0.25) is 0 Å². The molecular weight excluding hydrogens is 242 g/mol. The Balaban J connectivity index is 2.60. The van der Waals surface area contributed by atoms with Gasteiger partial charge in [-0.3, -0.25) is 0 Å². The van der Waals surface area contributed by atoms with Crippen molar-refractivity contribution in [2.24, 2.45) is 0 Å². The molecule has 1 aromatic carbocycles. The number of hydrogen-bond donors (Lipinski definition) is 2. The van der Waals surface area contributed by atoms with Gasteiger partial charge >= 0.3 is 5.97 Å². The first-order valence-electron chi connectivity index (χ1n) is 6.64. The molecule has 0 spiro atoms. The summed E-state index contributed by atoms with van der Waals surface area (Å²) in [5.41, 5.74) is 2.18. The maximum atomic E-state index is 11.3. The van der Waals surface area contributed by atoms with E-state index in [1.54, 1.807) is 12.1 Å². The highest BCUT2D eigenvalue weighted by Crippen LogP contribution is 2.26. The van der Waals surface area contributed by atoms with Crippen LogP contribution < -0.4 is 0 Å². The average molecular weight is 261 g/mol. The first-order valence-corrected chi connectivity index (χ1v) is 6.64. The predicted molar refractivity (Wildman–Crippen MR) is 74.6 cm³/mol. The Labute approximate surface area is 112 Å². The number of aliphatic hydroxyl groups is 1. The van der Waals surface area contributed by atoms with Crippen LogP contribution in [-0.2, 0) is 13.0 Å². The van der Waals surface area contributed by atoms with E-state index in [1.165, 1.54) is 0 Å². The van der Waals surface area contributed by atoms with E-state index in [-0.39, 0.29) is 6.61 Å². The molecule has 0 unspecified atom stereocenters. The molecule has 0 aliphatic carbocycles. The second-order valence-electron chi connectivity index (χ2n) is 4.68. The van der Waals surface area contributed by atoms with Crippen molar-refractivity contribution in [1.29, 1.82) is 0 Å². The first kappa shape index (κ1) is 13.6. The summed E-state index contributed by atoms with van der Waals surface area (Å²) < 4.78 is 1.85. The molecule has 102 valence electrons. The van der Waals surface area contributed by atoms with E-state index in [0.717, 1.165) is 35.7 Å². The van der Waals surface area contributed by atoms with Crippen molar-refractivity contribution in [3.8, 4) is 0 Å². The topological polar surface area (TPSA) is 62.5 Å². The van der Waals surface area contributed by atoms with Crippen molar-refractivity contribution in [2.45, 2.75) is 32.7 Å². The fourth-order valence-electron chi connectivity index (χ4n) is 2.46. The van der Waals surface area contributed by atoms with Gasteiger partial charge in [-0.2, -0.15) is 0 Å². The molecule has 0 aliphatic heterocycles. The summed E-state index contributed by atoms with van der Waals surface area (Å²) in [4.78, 5) is 11.3. The monoisotopic (exact) mass is 261 g/mol. The number of unbranched alkanes of at least 4 members (excludes halogenated alkanes) is 1. The molecule has 0 amide bonds. The van der Waals surface area contributed by atoms with Gasteiger partial charge < -0.3 is 14.8 Å². The minimum absolute atomic E-state index is 0.00491. The molecule has 4 heteroatoms. The minimum atomic E-state index is -0.926. The minimum Gasteiger partial charge on any atom is -0.478 e. The number of aliphatic hydroxyl groups excluding tert-OH is 1. The van der Waals surface area contributed by atoms with Gasteiger partial charge in [-0.25, -0.2) is 4.79 Å². The largest absolute Gasteiger partial charge is 0.478 e. The summed E-state index contributed by atoms with van der Waals surface area (Å²) in [6.45, 7) is 2.56. The number of benzene rings is 1. The van der Waals surface area contributed by atoms with Crippen LogP contribution in [0, 0.1) is 0 Å². The van der Waals surface area contributed by atoms with Gasteiger partial charge in [0.15, 0.2) is 0 Å². The zero-order valence-corrected chi connectivity index (χ0v) is 11.1. The maximum absolute atomic E-state index is 11.3. The van der Waals surface area contributed by atoms with E-state index in [9.17, 15) is 9.90 Å². The molecular formula is C15H19NO3. The molecule has 2 N–H and O–H groups in total. The van der Waals surface area contributed by atoms with Gasteiger partial charge in [-0.15, -0.1) is 0 Å². The standard InChI is InChI=1S/C15H19NO3/c1-2-3-5-11-10-16(8-9-17)14-12(11)6-4-7-13(14)15(18)19/h4,6-7,10,17H,2-3,5,8-9H2,1H3,(H,18,19). The molecule has 0 radical (unpaired) electrons. The number of rotatable bonds is 6. The van der Waals surface area contributed by atoms with Crippen LogP contribution >= 0.6 is 0 Å². The van der Waals surface area contributed by atoms with Gasteiger partial charge in [-0.05, 0) is 24.5 Å². The molecule has 0 atom stereocenters. The number of carboxylic acids is 1. The molecule has 2 rings (SSSR count). The third kappa shape index (κ3) is 2.63. The molecule has 19 heavy (non-hydrogen) atoms. The van der Waals surface area contributed by atoms with E-state index in [2.05, 4.69) is 6.92 Å². The number of carboxylic acid groups (broad SMARTS) is 1. The van der Waals surface area contributed by atoms with E-state index in [4.69, 9.17) is 5.11 Å². The van der Waals surface area contributed by atoms with Crippen LogP contribution in [0.5, 0.6) is 0 Å². The molecule has 1 aromatic heterocycles. The normalized spacial score (nSPS) is 11.1. The lowest BCUT2D eigenvalue weighted by Crippen LogP contribution is -2.05. The molecule has 0 bridgehead atoms. The van der Waals surface area contributed by atoms with Gasteiger partial charge in [-0.1, -0.05) is 25.5 Å². The Morgan fingerprint density at radius 2 is 2.16 bits per heavy atom. The summed E-state index contributed by atoms with van der Waals surface area (Å²) in [5, 5.41) is 19.4. The molecule has 0 fully saturated rings. The quantitative estimate of drug-likeness (QED) is 0.840. The number of carbonyl (C=O) groups is 1. The summed E-state index contributed by atoms with van der Waals surface area (Å²) in [6.07, 6.45) is 5.10. The number of aromatic nitrogens is 1. The number of fused-ring (bicyclic) bond motifs is 1. The van der Waals surface area contributed by atoms with Crippen molar-refractivity contribution in [3.63, 3.8) is 0 Å². The molecule has 4 nitrogen and oxygen atoms in total. The summed E-state index contributed by atoms with van der Waals surface area (Å²) in [5.74, 6) is -0.926. The maximum Gasteiger partial charge on any atom is 0.337 e. The number of nitrogens with zero attached hydrogens (tertiary/aromatic N) is 1. The Hall–Kier alpha value is -1.81. The van der Waals surface area contributed by atoms with Crippen LogP contribution in [0.15, 0.2) is 24.4 Å². The van der Waals surface area contributed by atoms with Crippen LogP contribution in [0.3, 0.4) is 0 Å². The molecule has 0 saturated carbocycles. The van der Waals surface area contributed by atoms with Crippen LogP contribution in [0.4, 0.5) is 0 Å². The van der Waals surface area contributed by atoms with Crippen LogP contribution in [-0.4, -0.2) is 27.4 Å². The highest BCUT2D eigenvalue weighted by atomic mass is 16.4. The van der Waals surface area contributed by atoms with Crippen molar-refractivity contribution in [1.82, 2.24) is 4.57 Å². The Kier molecular flexibility index (Phi) is 4.22. The van der Waals surface area contributed by atoms with Gasteiger partial charge in [0.25, 0.3) is 0 Å². The van der Waals surface area contributed by atoms with Crippen molar-refractivity contribution in [3.05, 3.63) is 35.5 Å². The number of hydrogen-bond acceptors (Lipinski definition) is 2. The predicted octanol–water partition coefficient (Wildman–Crippen LogP) is 2.67. The SMILES string of the molecule is CCCCc1cn(CCO)c2c(C(=O)O)cccc12. The first-order chi connectivity index (χ1) is 9.19. The van der Waals surface area contributed by atoms with E-state index >= 15 is 0 Å². The van der Waals surface area contributed by atoms with Crippen molar-refractivity contribution in [2.75, 3.05) is 6.61 Å². The lowest BCUT2D eigenvalue weighted by atomic mass is 10.1. The summed E-state index contributed by atoms with van der Waals surface area (Å²) in [7, 11) is 0. The zero-order chi connectivity index (χ0) is 13.8. The smallest absolute Gasteiger partial charge is 0.337 e. The molecule has 0 saturated heterocycles. The average Bonchev–Trinajstić information content (AvgIpc) is 2.75. The Morgan fingerprint density at radius 1 is 1.37 bits per heavy atom. The number of para-hydroxylation sites is 1. The van der Waals surface area contributed by atoms with Crippen molar-refractivity contribution >= 4 is 16.9 Å². The fraction of sp³-hybridized carbons (Fsp3) is 0.400. The lowest BCUT2D eigenvalue weighted by molar-refractivity contribution is 0.0698. The molecule has 1 heterocycles. The van der Waals surface area contributed by atoms with E-state index < -0.39 is 5.97 Å².